The number of hydrogen-bond acceptors (Lipinski definition) is 6. The average Bonchev–Trinajstić information content (AvgIpc) is 3.10. The molecule has 1 atom stereocenters. The highest BCUT2D eigenvalue weighted by Gasteiger charge is 2.30. The van der Waals surface area contributed by atoms with Crippen molar-refractivity contribution in [2.75, 3.05) is 20.2 Å². The van der Waals surface area contributed by atoms with Crippen LogP contribution in [-0.2, 0) is 0 Å². The van der Waals surface area contributed by atoms with Crippen molar-refractivity contribution in [1.29, 1.82) is 5.26 Å². The fourth-order valence-corrected chi connectivity index (χ4v) is 2.84. The van der Waals surface area contributed by atoms with Crippen LogP contribution in [0.1, 0.15) is 22.5 Å². The van der Waals surface area contributed by atoms with Gasteiger partial charge in [-0.2, -0.15) is 5.26 Å². The summed E-state index contributed by atoms with van der Waals surface area (Å²) in [7, 11) is 1.51. The predicted molar refractivity (Wildman–Crippen MR) is 89.7 cm³/mol. The summed E-state index contributed by atoms with van der Waals surface area (Å²) in [5.41, 5.74) is 0.539. The molecule has 0 N–H and O–H groups in total. The number of methoxy groups -OCH3 is 1. The van der Waals surface area contributed by atoms with E-state index >= 15 is 0 Å². The number of likely N-dealkylation sites (tertiary alicyclic amines) is 1. The first-order chi connectivity index (χ1) is 12.1. The van der Waals surface area contributed by atoms with Gasteiger partial charge >= 0.3 is 0 Å². The molecule has 0 aliphatic carbocycles. The van der Waals surface area contributed by atoms with Crippen molar-refractivity contribution in [2.45, 2.75) is 12.5 Å². The van der Waals surface area contributed by atoms with E-state index in [0.29, 0.717) is 35.8 Å². The van der Waals surface area contributed by atoms with Crippen LogP contribution in [0.4, 0.5) is 0 Å². The Balaban J connectivity index is 1.72. The number of rotatable bonds is 4. The Hall–Kier alpha value is -2.85. The summed E-state index contributed by atoms with van der Waals surface area (Å²) in [6.07, 6.45) is 3.28. The topological polar surface area (TPSA) is 88.3 Å². The highest BCUT2D eigenvalue weighted by molar-refractivity contribution is 6.31. The summed E-state index contributed by atoms with van der Waals surface area (Å²) in [5, 5.41) is 9.51. The Bertz CT molecular complexity index is 837. The molecule has 1 unspecified atom stereocenters. The highest BCUT2D eigenvalue weighted by Crippen LogP contribution is 2.26. The number of benzene rings is 1. The van der Waals surface area contributed by atoms with Crippen molar-refractivity contribution in [3.05, 3.63) is 46.9 Å². The van der Waals surface area contributed by atoms with Crippen LogP contribution in [0, 0.1) is 11.3 Å². The molecule has 1 aromatic heterocycles. The van der Waals surface area contributed by atoms with E-state index in [1.165, 1.54) is 19.5 Å². The largest absolute Gasteiger partial charge is 0.496 e. The zero-order valence-corrected chi connectivity index (χ0v) is 14.2. The normalized spacial score (nSPS) is 16.4. The number of carbonyl (C=O) groups is 1. The molecule has 2 heterocycles. The van der Waals surface area contributed by atoms with Gasteiger partial charge in [-0.05, 0) is 18.2 Å². The molecule has 1 saturated heterocycles. The Morgan fingerprint density at radius 3 is 2.96 bits per heavy atom. The summed E-state index contributed by atoms with van der Waals surface area (Å²) in [6.45, 7) is 0.914. The number of aromatic nitrogens is 2. The fraction of sp³-hybridized carbons (Fsp3) is 0.294. The maximum Gasteiger partial charge on any atom is 0.257 e. The van der Waals surface area contributed by atoms with Crippen LogP contribution in [-0.4, -0.2) is 47.1 Å². The Morgan fingerprint density at radius 1 is 1.40 bits per heavy atom. The number of amides is 1. The molecule has 1 aliphatic heterocycles. The molecule has 1 fully saturated rings. The van der Waals surface area contributed by atoms with Crippen molar-refractivity contribution in [1.82, 2.24) is 14.9 Å². The fourth-order valence-electron chi connectivity index (χ4n) is 2.67. The van der Waals surface area contributed by atoms with Gasteiger partial charge in [0.15, 0.2) is 0 Å². The van der Waals surface area contributed by atoms with Gasteiger partial charge < -0.3 is 14.4 Å². The van der Waals surface area contributed by atoms with Crippen LogP contribution < -0.4 is 9.47 Å². The van der Waals surface area contributed by atoms with Crippen molar-refractivity contribution in [3.63, 3.8) is 0 Å². The molecule has 0 spiro atoms. The number of hydrogen-bond donors (Lipinski definition) is 0. The van der Waals surface area contributed by atoms with Gasteiger partial charge in [-0.3, -0.25) is 4.79 Å². The van der Waals surface area contributed by atoms with Gasteiger partial charge in [0.25, 0.3) is 11.8 Å². The van der Waals surface area contributed by atoms with Crippen LogP contribution in [0.3, 0.4) is 0 Å². The van der Waals surface area contributed by atoms with E-state index in [4.69, 9.17) is 26.3 Å². The Kier molecular flexibility index (Phi) is 5.00. The lowest BCUT2D eigenvalue weighted by Gasteiger charge is -2.18. The zero-order chi connectivity index (χ0) is 17.8. The van der Waals surface area contributed by atoms with Gasteiger partial charge in [0.2, 0.25) is 5.69 Å². The third kappa shape index (κ3) is 3.64. The molecule has 2 aromatic rings. The quantitative estimate of drug-likeness (QED) is 0.833. The lowest BCUT2D eigenvalue weighted by atomic mass is 10.1. The number of nitrogens with zero attached hydrogens (tertiary/aromatic N) is 4. The van der Waals surface area contributed by atoms with Crippen LogP contribution >= 0.6 is 11.6 Å². The van der Waals surface area contributed by atoms with E-state index in [9.17, 15) is 4.79 Å². The van der Waals surface area contributed by atoms with E-state index in [2.05, 4.69) is 9.97 Å². The smallest absolute Gasteiger partial charge is 0.257 e. The van der Waals surface area contributed by atoms with Crippen LogP contribution in [0.15, 0.2) is 30.6 Å². The molecular weight excluding hydrogens is 344 g/mol. The maximum absolute atomic E-state index is 12.8. The number of carbonyl (C=O) groups excluding carboxylic acids is 1. The number of ether oxygens (including phenoxy) is 2. The van der Waals surface area contributed by atoms with Gasteiger partial charge in [0.05, 0.1) is 19.2 Å². The molecule has 1 aliphatic rings. The van der Waals surface area contributed by atoms with E-state index < -0.39 is 0 Å². The summed E-state index contributed by atoms with van der Waals surface area (Å²) in [4.78, 5) is 22.4. The first-order valence-electron chi connectivity index (χ1n) is 7.63. The summed E-state index contributed by atoms with van der Waals surface area (Å²) < 4.78 is 11.0. The second-order valence-electron chi connectivity index (χ2n) is 5.45. The van der Waals surface area contributed by atoms with Gasteiger partial charge in [0.1, 0.15) is 17.9 Å². The summed E-state index contributed by atoms with van der Waals surface area (Å²) in [6, 6.07) is 6.87. The standard InChI is InChI=1S/C17H15ClN4O3/c1-24-15-3-2-11(18)8-13(15)17(23)22-7-4-12(10-22)25-16-14(9-19)20-5-6-21-16/h2-3,5-6,8,12H,4,7,10H2,1H3. The van der Waals surface area contributed by atoms with Gasteiger partial charge in [0, 0.05) is 30.4 Å². The molecule has 1 amide bonds. The van der Waals surface area contributed by atoms with Crippen LogP contribution in [0.5, 0.6) is 11.6 Å². The SMILES string of the molecule is COc1ccc(Cl)cc1C(=O)N1CCC(Oc2nccnc2C#N)C1. The lowest BCUT2D eigenvalue weighted by molar-refractivity contribution is 0.0767. The minimum absolute atomic E-state index is 0.129. The monoisotopic (exact) mass is 358 g/mol. The Labute approximate surface area is 149 Å². The highest BCUT2D eigenvalue weighted by atomic mass is 35.5. The molecule has 1 aromatic carbocycles. The minimum Gasteiger partial charge on any atom is -0.496 e. The maximum atomic E-state index is 12.8. The van der Waals surface area contributed by atoms with Gasteiger partial charge in [-0.25, -0.2) is 9.97 Å². The molecule has 8 heteroatoms. The molecule has 7 nitrogen and oxygen atoms in total. The zero-order valence-electron chi connectivity index (χ0n) is 13.5. The summed E-state index contributed by atoms with van der Waals surface area (Å²) in [5.74, 6) is 0.481. The molecule has 0 radical (unpaired) electrons. The molecule has 0 saturated carbocycles. The van der Waals surface area contributed by atoms with Crippen molar-refractivity contribution >= 4 is 17.5 Å². The van der Waals surface area contributed by atoms with Crippen LogP contribution in [0.25, 0.3) is 0 Å². The second kappa shape index (κ2) is 7.36. The molecule has 3 rings (SSSR count). The third-order valence-corrected chi connectivity index (χ3v) is 4.11. The average molecular weight is 359 g/mol. The van der Waals surface area contributed by atoms with Crippen molar-refractivity contribution < 1.29 is 14.3 Å². The number of nitriles is 1. The van der Waals surface area contributed by atoms with Crippen LogP contribution in [0.2, 0.25) is 5.02 Å². The van der Waals surface area contributed by atoms with E-state index in [1.807, 2.05) is 6.07 Å². The molecule has 0 bridgehead atoms. The molecule has 25 heavy (non-hydrogen) atoms. The molecule has 128 valence electrons. The van der Waals surface area contributed by atoms with Crippen molar-refractivity contribution in [2.24, 2.45) is 0 Å². The summed E-state index contributed by atoms with van der Waals surface area (Å²) >= 11 is 6.00. The first kappa shape index (κ1) is 17.0. The van der Waals surface area contributed by atoms with Crippen molar-refractivity contribution in [3.8, 4) is 17.7 Å². The first-order valence-corrected chi connectivity index (χ1v) is 8.00. The lowest BCUT2D eigenvalue weighted by Crippen LogP contribution is -2.31. The Morgan fingerprint density at radius 2 is 2.20 bits per heavy atom. The second-order valence-corrected chi connectivity index (χ2v) is 5.88. The van der Waals surface area contributed by atoms with E-state index in [0.717, 1.165) is 0 Å². The van der Waals surface area contributed by atoms with Gasteiger partial charge in [-0.1, -0.05) is 11.6 Å². The van der Waals surface area contributed by atoms with E-state index in [1.54, 1.807) is 23.1 Å². The predicted octanol–water partition coefficient (Wildman–Crippen LogP) is 2.30. The number of halogens is 1. The molecular formula is C17H15ClN4O3. The van der Waals surface area contributed by atoms with Gasteiger partial charge in [-0.15, -0.1) is 0 Å². The van der Waals surface area contributed by atoms with E-state index in [-0.39, 0.29) is 23.6 Å². The third-order valence-electron chi connectivity index (χ3n) is 3.87. The minimum atomic E-state index is -0.252.